The van der Waals surface area contributed by atoms with E-state index in [1.54, 1.807) is 5.32 Å². The minimum absolute atomic E-state index is 0.238. The quantitative estimate of drug-likeness (QED) is 0.757. The van der Waals surface area contributed by atoms with Crippen LogP contribution in [-0.2, 0) is 0 Å². The van der Waals surface area contributed by atoms with Crippen LogP contribution >= 0.6 is 0 Å². The van der Waals surface area contributed by atoms with Crippen LogP contribution in [0.2, 0.25) is 0 Å². The van der Waals surface area contributed by atoms with E-state index in [1.807, 2.05) is 20.8 Å². The maximum atomic E-state index is 11.7. The second-order valence-electron chi connectivity index (χ2n) is 3.90. The number of alkyl halides is 3. The van der Waals surface area contributed by atoms with E-state index in [4.69, 9.17) is 0 Å². The summed E-state index contributed by atoms with van der Waals surface area (Å²) in [6, 6.07) is -0.778. The fourth-order valence-electron chi connectivity index (χ4n) is 0.732. The van der Waals surface area contributed by atoms with Crippen molar-refractivity contribution in [1.29, 1.82) is 0 Å². The first-order valence-corrected chi connectivity index (χ1v) is 4.81. The zero-order valence-corrected chi connectivity index (χ0v) is 9.11. The Morgan fingerprint density at radius 2 is 1.73 bits per heavy atom. The van der Waals surface area contributed by atoms with Crippen LogP contribution in [-0.4, -0.2) is 25.3 Å². The van der Waals surface area contributed by atoms with Crippen molar-refractivity contribution in [2.24, 2.45) is 11.8 Å². The van der Waals surface area contributed by atoms with Gasteiger partial charge >= 0.3 is 12.2 Å². The molecule has 6 heteroatoms. The van der Waals surface area contributed by atoms with Gasteiger partial charge in [-0.05, 0) is 11.8 Å². The van der Waals surface area contributed by atoms with Crippen molar-refractivity contribution in [3.8, 4) is 0 Å². The van der Waals surface area contributed by atoms with Crippen LogP contribution in [0.1, 0.15) is 20.8 Å². The molecule has 3 nitrogen and oxygen atoms in total. The van der Waals surface area contributed by atoms with Crippen LogP contribution in [0, 0.1) is 11.8 Å². The lowest BCUT2D eigenvalue weighted by Gasteiger charge is -2.16. The first-order valence-electron chi connectivity index (χ1n) is 4.81. The Morgan fingerprint density at radius 1 is 1.20 bits per heavy atom. The van der Waals surface area contributed by atoms with Crippen molar-refractivity contribution < 1.29 is 18.0 Å². The van der Waals surface area contributed by atoms with Gasteiger partial charge in [0.2, 0.25) is 0 Å². The lowest BCUT2D eigenvalue weighted by molar-refractivity contribution is -0.122. The summed E-state index contributed by atoms with van der Waals surface area (Å²) in [6.07, 6.45) is -4.36. The first kappa shape index (κ1) is 14.1. The standard InChI is InChI=1S/C9H17F3N2O/c1-6(2)7(3)4-13-8(15)14-5-9(10,11)12/h6-7H,4-5H2,1-3H3,(H2,13,14,15). The third-order valence-electron chi connectivity index (χ3n) is 2.17. The summed E-state index contributed by atoms with van der Waals surface area (Å²) in [5.74, 6) is 0.620. The van der Waals surface area contributed by atoms with Gasteiger partial charge in [0.1, 0.15) is 6.54 Å². The molecule has 0 heterocycles. The lowest BCUT2D eigenvalue weighted by atomic mass is 9.98. The molecular formula is C9H17F3N2O. The second kappa shape index (κ2) is 5.82. The molecule has 0 aromatic carbocycles. The molecule has 1 atom stereocenters. The molecule has 0 aromatic rings. The largest absolute Gasteiger partial charge is 0.405 e. The average Bonchev–Trinajstić information content (AvgIpc) is 2.09. The Bertz CT molecular complexity index is 204. The van der Waals surface area contributed by atoms with E-state index in [0.29, 0.717) is 12.5 Å². The molecule has 0 fully saturated rings. The Morgan fingerprint density at radius 3 is 2.13 bits per heavy atom. The summed E-state index contributed by atoms with van der Waals surface area (Å²) in [5.41, 5.74) is 0. The number of urea groups is 1. The number of hydrogen-bond acceptors (Lipinski definition) is 1. The summed E-state index contributed by atoms with van der Waals surface area (Å²) in [5, 5.41) is 4.13. The normalized spacial score (nSPS) is 13.8. The third kappa shape index (κ3) is 8.08. The van der Waals surface area contributed by atoms with Gasteiger partial charge in [-0.3, -0.25) is 0 Å². The molecule has 2 amide bonds. The van der Waals surface area contributed by atoms with Gasteiger partial charge in [0.05, 0.1) is 0 Å². The zero-order valence-electron chi connectivity index (χ0n) is 9.11. The van der Waals surface area contributed by atoms with Crippen molar-refractivity contribution >= 4 is 6.03 Å². The maximum absolute atomic E-state index is 11.7. The minimum Gasteiger partial charge on any atom is -0.338 e. The molecule has 2 N–H and O–H groups in total. The van der Waals surface area contributed by atoms with Crippen LogP contribution < -0.4 is 10.6 Å². The lowest BCUT2D eigenvalue weighted by Crippen LogP contribution is -2.42. The zero-order chi connectivity index (χ0) is 12.1. The first-order chi connectivity index (χ1) is 6.72. The smallest absolute Gasteiger partial charge is 0.338 e. The van der Waals surface area contributed by atoms with Crippen molar-refractivity contribution in [1.82, 2.24) is 10.6 Å². The van der Waals surface area contributed by atoms with E-state index in [-0.39, 0.29) is 5.92 Å². The van der Waals surface area contributed by atoms with Gasteiger partial charge in [0.15, 0.2) is 0 Å². The van der Waals surface area contributed by atoms with Gasteiger partial charge in [0.25, 0.3) is 0 Å². The molecule has 0 radical (unpaired) electrons. The molecule has 0 saturated carbocycles. The van der Waals surface area contributed by atoms with Gasteiger partial charge in [-0.1, -0.05) is 20.8 Å². The second-order valence-corrected chi connectivity index (χ2v) is 3.90. The molecule has 90 valence electrons. The highest BCUT2D eigenvalue weighted by Gasteiger charge is 2.27. The molecule has 0 saturated heterocycles. The number of rotatable bonds is 4. The monoisotopic (exact) mass is 226 g/mol. The van der Waals surface area contributed by atoms with E-state index in [2.05, 4.69) is 5.32 Å². The highest BCUT2D eigenvalue weighted by molar-refractivity contribution is 5.73. The van der Waals surface area contributed by atoms with Crippen LogP contribution in [0.4, 0.5) is 18.0 Å². The van der Waals surface area contributed by atoms with Gasteiger partial charge in [0, 0.05) is 6.54 Å². The molecule has 0 aromatic heterocycles. The van der Waals surface area contributed by atoms with E-state index < -0.39 is 18.8 Å². The fourth-order valence-corrected chi connectivity index (χ4v) is 0.732. The fraction of sp³-hybridized carbons (Fsp3) is 0.889. The summed E-state index contributed by atoms with van der Waals surface area (Å²) >= 11 is 0. The number of halogens is 3. The van der Waals surface area contributed by atoms with Gasteiger partial charge in [-0.15, -0.1) is 0 Å². The van der Waals surface area contributed by atoms with E-state index in [1.165, 1.54) is 0 Å². The molecule has 0 bridgehead atoms. The number of amides is 2. The molecule has 1 unspecified atom stereocenters. The molecule has 15 heavy (non-hydrogen) atoms. The molecule has 0 spiro atoms. The Labute approximate surface area is 87.4 Å². The van der Waals surface area contributed by atoms with E-state index in [0.717, 1.165) is 0 Å². The molecular weight excluding hydrogens is 209 g/mol. The highest BCUT2D eigenvalue weighted by atomic mass is 19.4. The molecule has 0 aliphatic carbocycles. The van der Waals surface area contributed by atoms with Crippen molar-refractivity contribution in [3.05, 3.63) is 0 Å². The molecule has 0 rings (SSSR count). The van der Waals surface area contributed by atoms with Crippen LogP contribution in [0.3, 0.4) is 0 Å². The van der Waals surface area contributed by atoms with Gasteiger partial charge < -0.3 is 10.6 Å². The average molecular weight is 226 g/mol. The minimum atomic E-state index is -4.36. The number of hydrogen-bond donors (Lipinski definition) is 2. The number of carbonyl (C=O) groups is 1. The van der Waals surface area contributed by atoms with E-state index >= 15 is 0 Å². The summed E-state index contributed by atoms with van der Waals surface area (Å²) in [7, 11) is 0. The van der Waals surface area contributed by atoms with E-state index in [9.17, 15) is 18.0 Å². The van der Waals surface area contributed by atoms with Crippen molar-refractivity contribution in [2.45, 2.75) is 26.9 Å². The van der Waals surface area contributed by atoms with Crippen molar-refractivity contribution in [3.63, 3.8) is 0 Å². The SMILES string of the molecule is CC(C)C(C)CNC(=O)NCC(F)(F)F. The number of carbonyl (C=O) groups excluding carboxylic acids is 1. The molecule has 0 aliphatic rings. The van der Waals surface area contributed by atoms with Crippen LogP contribution in [0.5, 0.6) is 0 Å². The Kier molecular flexibility index (Phi) is 5.46. The van der Waals surface area contributed by atoms with Crippen LogP contribution in [0.25, 0.3) is 0 Å². The Balaban J connectivity index is 3.67. The molecule has 0 aliphatic heterocycles. The van der Waals surface area contributed by atoms with Gasteiger partial charge in [-0.25, -0.2) is 4.79 Å². The number of nitrogens with one attached hydrogen (secondary N) is 2. The predicted octanol–water partition coefficient (Wildman–Crippen LogP) is 2.14. The maximum Gasteiger partial charge on any atom is 0.405 e. The highest BCUT2D eigenvalue weighted by Crippen LogP contribution is 2.12. The van der Waals surface area contributed by atoms with Gasteiger partial charge in [-0.2, -0.15) is 13.2 Å². The summed E-state index contributed by atoms with van der Waals surface area (Å²) < 4.78 is 35.1. The van der Waals surface area contributed by atoms with Crippen molar-refractivity contribution in [2.75, 3.05) is 13.1 Å². The summed E-state index contributed by atoms with van der Waals surface area (Å²) in [4.78, 5) is 10.9. The third-order valence-corrected chi connectivity index (χ3v) is 2.17. The van der Waals surface area contributed by atoms with Crippen LogP contribution in [0.15, 0.2) is 0 Å². The summed E-state index contributed by atoms with van der Waals surface area (Å²) in [6.45, 7) is 4.98. The Hall–Kier alpha value is -0.940. The topological polar surface area (TPSA) is 41.1 Å². The predicted molar refractivity (Wildman–Crippen MR) is 51.5 cm³/mol.